The van der Waals surface area contributed by atoms with Crippen molar-refractivity contribution >= 4 is 0 Å². The predicted octanol–water partition coefficient (Wildman–Crippen LogP) is 2.78. The van der Waals surface area contributed by atoms with Crippen LogP contribution in [0.25, 0.3) is 0 Å². The molecule has 0 aliphatic carbocycles. The molecular weight excluding hydrogens is 235 g/mol. The Morgan fingerprint density at radius 2 is 1.44 bits per heavy atom. The maximum atomic E-state index is 13.8. The van der Waals surface area contributed by atoms with Crippen molar-refractivity contribution in [1.29, 1.82) is 0 Å². The van der Waals surface area contributed by atoms with E-state index in [1.807, 2.05) is 0 Å². The molecule has 1 aliphatic rings. The van der Waals surface area contributed by atoms with Gasteiger partial charge in [-0.1, -0.05) is 18.2 Å². The van der Waals surface area contributed by atoms with E-state index in [0.717, 1.165) is 10.1 Å². The molecule has 1 aromatic rings. The molecule has 0 bridgehead atoms. The first-order valence-electron chi connectivity index (χ1n) is 5.92. The van der Waals surface area contributed by atoms with Crippen LogP contribution in [0.4, 0.5) is 4.39 Å². The Kier molecular flexibility index (Phi) is 2.98. The van der Waals surface area contributed by atoms with E-state index in [-0.39, 0.29) is 5.56 Å². The van der Waals surface area contributed by atoms with Crippen molar-refractivity contribution in [3.05, 3.63) is 35.6 Å². The number of halogens is 1. The SMILES string of the molecule is CC1(C)N(O)C(c2ccccc2F)N(O)C1(C)C. The van der Waals surface area contributed by atoms with Crippen LogP contribution in [-0.4, -0.2) is 31.6 Å². The van der Waals surface area contributed by atoms with Crippen LogP contribution < -0.4 is 0 Å². The van der Waals surface area contributed by atoms with Crippen LogP contribution in [0, 0.1) is 5.82 Å². The molecule has 0 saturated carbocycles. The number of nitrogens with zero attached hydrogens (tertiary/aromatic N) is 2. The van der Waals surface area contributed by atoms with Gasteiger partial charge in [-0.25, -0.2) is 4.39 Å². The molecular formula is C13H19FN2O2. The quantitative estimate of drug-likeness (QED) is 0.809. The molecule has 1 aromatic carbocycles. The zero-order valence-electron chi connectivity index (χ0n) is 11.1. The fraction of sp³-hybridized carbons (Fsp3) is 0.538. The minimum Gasteiger partial charge on any atom is -0.311 e. The largest absolute Gasteiger partial charge is 0.311 e. The summed E-state index contributed by atoms with van der Waals surface area (Å²) in [6, 6.07) is 6.13. The highest BCUT2D eigenvalue weighted by atomic mass is 19.1. The van der Waals surface area contributed by atoms with Crippen LogP contribution in [0.1, 0.15) is 39.4 Å². The van der Waals surface area contributed by atoms with Crippen molar-refractivity contribution in [3.8, 4) is 0 Å². The summed E-state index contributed by atoms with van der Waals surface area (Å²) < 4.78 is 13.8. The average molecular weight is 254 g/mol. The highest BCUT2D eigenvalue weighted by Crippen LogP contribution is 2.47. The fourth-order valence-corrected chi connectivity index (χ4v) is 2.22. The maximum absolute atomic E-state index is 13.8. The molecule has 2 rings (SSSR count). The summed E-state index contributed by atoms with van der Waals surface area (Å²) in [6.07, 6.45) is -0.906. The van der Waals surface area contributed by atoms with E-state index in [9.17, 15) is 14.8 Å². The Labute approximate surface area is 106 Å². The normalized spacial score (nSPS) is 24.6. The van der Waals surface area contributed by atoms with Crippen LogP contribution in [0.5, 0.6) is 0 Å². The Bertz CT molecular complexity index is 442. The molecule has 0 spiro atoms. The van der Waals surface area contributed by atoms with Crippen LogP contribution in [0.2, 0.25) is 0 Å². The van der Waals surface area contributed by atoms with Gasteiger partial charge in [-0.05, 0) is 33.8 Å². The third kappa shape index (κ3) is 1.59. The molecule has 18 heavy (non-hydrogen) atoms. The Hall–Kier alpha value is -1.01. The van der Waals surface area contributed by atoms with Crippen molar-refractivity contribution in [2.45, 2.75) is 44.9 Å². The van der Waals surface area contributed by atoms with Gasteiger partial charge in [-0.2, -0.15) is 10.1 Å². The van der Waals surface area contributed by atoms with E-state index in [0.29, 0.717) is 0 Å². The van der Waals surface area contributed by atoms with Crippen LogP contribution in [0.3, 0.4) is 0 Å². The van der Waals surface area contributed by atoms with Crippen molar-refractivity contribution in [3.63, 3.8) is 0 Å². The molecule has 0 radical (unpaired) electrons. The third-order valence-electron chi connectivity index (χ3n) is 4.29. The van der Waals surface area contributed by atoms with Gasteiger partial charge in [-0.15, -0.1) is 0 Å². The van der Waals surface area contributed by atoms with Crippen molar-refractivity contribution in [1.82, 2.24) is 10.1 Å². The topological polar surface area (TPSA) is 46.9 Å². The molecule has 100 valence electrons. The standard InChI is InChI=1S/C13H19FN2O2/c1-12(2)13(3,4)16(18)11(15(12)17)9-7-5-6-8-10(9)14/h5-8,11,17-18H,1-4H3. The Balaban J connectivity index is 2.51. The number of hydroxylamine groups is 4. The van der Waals surface area contributed by atoms with E-state index in [1.54, 1.807) is 45.9 Å². The van der Waals surface area contributed by atoms with Crippen LogP contribution in [0.15, 0.2) is 24.3 Å². The molecule has 0 unspecified atom stereocenters. The van der Waals surface area contributed by atoms with Gasteiger partial charge >= 0.3 is 0 Å². The van der Waals surface area contributed by atoms with Crippen LogP contribution in [-0.2, 0) is 0 Å². The summed E-state index contributed by atoms with van der Waals surface area (Å²) >= 11 is 0. The summed E-state index contributed by atoms with van der Waals surface area (Å²) in [6.45, 7) is 7.21. The van der Waals surface area contributed by atoms with Gasteiger partial charge in [0.25, 0.3) is 0 Å². The molecule has 0 amide bonds. The zero-order chi connectivity index (χ0) is 13.7. The van der Waals surface area contributed by atoms with Gasteiger partial charge < -0.3 is 10.4 Å². The molecule has 4 nitrogen and oxygen atoms in total. The third-order valence-corrected chi connectivity index (χ3v) is 4.29. The van der Waals surface area contributed by atoms with E-state index in [2.05, 4.69) is 0 Å². The lowest BCUT2D eigenvalue weighted by Crippen LogP contribution is -2.52. The number of rotatable bonds is 1. The molecule has 1 heterocycles. The summed E-state index contributed by atoms with van der Waals surface area (Å²) in [5.41, 5.74) is -1.18. The van der Waals surface area contributed by atoms with Crippen LogP contribution >= 0.6 is 0 Å². The second-order valence-corrected chi connectivity index (χ2v) is 5.70. The van der Waals surface area contributed by atoms with Crippen molar-refractivity contribution < 1.29 is 14.8 Å². The van der Waals surface area contributed by atoms with E-state index < -0.39 is 23.1 Å². The Morgan fingerprint density at radius 1 is 1.00 bits per heavy atom. The summed E-state index contributed by atoms with van der Waals surface area (Å²) in [4.78, 5) is 0. The minimum atomic E-state index is -0.906. The fourth-order valence-electron chi connectivity index (χ4n) is 2.22. The highest BCUT2D eigenvalue weighted by Gasteiger charge is 2.58. The molecule has 1 aliphatic heterocycles. The summed E-state index contributed by atoms with van der Waals surface area (Å²) in [5.74, 6) is -0.450. The summed E-state index contributed by atoms with van der Waals surface area (Å²) in [5, 5.41) is 22.5. The van der Waals surface area contributed by atoms with Gasteiger partial charge in [0.2, 0.25) is 0 Å². The lowest BCUT2D eigenvalue weighted by Gasteiger charge is -2.37. The maximum Gasteiger partial charge on any atom is 0.139 e. The molecule has 5 heteroatoms. The number of benzene rings is 1. The molecule has 0 aromatic heterocycles. The van der Waals surface area contributed by atoms with E-state index in [4.69, 9.17) is 0 Å². The first-order chi connectivity index (χ1) is 8.21. The molecule has 0 atom stereocenters. The van der Waals surface area contributed by atoms with E-state index in [1.165, 1.54) is 6.07 Å². The van der Waals surface area contributed by atoms with Gasteiger partial charge in [0.15, 0.2) is 0 Å². The number of hydrogen-bond acceptors (Lipinski definition) is 4. The van der Waals surface area contributed by atoms with Gasteiger partial charge in [0.05, 0.1) is 11.1 Å². The average Bonchev–Trinajstić information content (AvgIpc) is 2.40. The second kappa shape index (κ2) is 3.99. The minimum absolute atomic E-state index is 0.251. The lowest BCUT2D eigenvalue weighted by molar-refractivity contribution is -0.224. The first kappa shape index (κ1) is 13.4. The van der Waals surface area contributed by atoms with E-state index >= 15 is 0 Å². The molecule has 2 N–H and O–H groups in total. The predicted molar refractivity (Wildman–Crippen MR) is 64.6 cm³/mol. The van der Waals surface area contributed by atoms with Crippen molar-refractivity contribution in [2.24, 2.45) is 0 Å². The Morgan fingerprint density at radius 3 is 1.89 bits per heavy atom. The van der Waals surface area contributed by atoms with Crippen molar-refractivity contribution in [2.75, 3.05) is 0 Å². The van der Waals surface area contributed by atoms with Gasteiger partial charge in [0, 0.05) is 5.56 Å². The first-order valence-corrected chi connectivity index (χ1v) is 5.92. The smallest absolute Gasteiger partial charge is 0.139 e. The molecule has 1 saturated heterocycles. The monoisotopic (exact) mass is 254 g/mol. The van der Waals surface area contributed by atoms with Gasteiger partial charge in [-0.3, -0.25) is 0 Å². The lowest BCUT2D eigenvalue weighted by atomic mass is 9.84. The highest BCUT2D eigenvalue weighted by molar-refractivity contribution is 5.24. The second-order valence-electron chi connectivity index (χ2n) is 5.70. The molecule has 1 fully saturated rings. The number of hydrogen-bond donors (Lipinski definition) is 2. The zero-order valence-corrected chi connectivity index (χ0v) is 11.1. The summed E-state index contributed by atoms with van der Waals surface area (Å²) in [7, 11) is 0. The van der Waals surface area contributed by atoms with Gasteiger partial charge in [0.1, 0.15) is 12.0 Å².